The molecule has 0 aliphatic heterocycles. The summed E-state index contributed by atoms with van der Waals surface area (Å²) in [6.07, 6.45) is -0.891. The van der Waals surface area contributed by atoms with Crippen molar-refractivity contribution in [3.63, 3.8) is 0 Å². The lowest BCUT2D eigenvalue weighted by Crippen LogP contribution is -2.43. The zero-order valence-corrected chi connectivity index (χ0v) is 21.3. The van der Waals surface area contributed by atoms with Gasteiger partial charge in [-0.3, -0.25) is 14.6 Å². The first kappa shape index (κ1) is 31.2. The predicted molar refractivity (Wildman–Crippen MR) is 135 cm³/mol. The van der Waals surface area contributed by atoms with Crippen molar-refractivity contribution < 1.29 is 53.6 Å². The molecule has 0 aliphatic carbocycles. The van der Waals surface area contributed by atoms with Crippen LogP contribution in [0, 0.1) is 0 Å². The van der Waals surface area contributed by atoms with Gasteiger partial charge in [0, 0.05) is 25.4 Å². The Kier molecular flexibility index (Phi) is 12.5. The summed E-state index contributed by atoms with van der Waals surface area (Å²) in [6.45, 7) is 0.194. The molecule has 1 aromatic carbocycles. The van der Waals surface area contributed by atoms with E-state index in [1.165, 1.54) is 18.5 Å². The SMILES string of the molecule is O=C(O)CC[C@H](NC(=O)O[C@@H](CCCCNC(=O)c1cncc(C(=O)OCc2ccccc2)c1)C(=O)O)C(=O)O. The Morgan fingerprint density at radius 3 is 2.23 bits per heavy atom. The molecule has 214 valence electrons. The van der Waals surface area contributed by atoms with Gasteiger partial charge in [0.2, 0.25) is 6.10 Å². The standard InChI is InChI=1S/C26H29N3O11/c30-21(31)10-9-19(23(33)34)29-26(38)40-20(24(35)36)8-4-5-11-28-22(32)17-12-18(14-27-13-17)25(37)39-15-16-6-2-1-3-7-16/h1-3,6-7,12-14,19-20H,4-5,8-11,15H2,(H,28,32)(H,29,38)(H,30,31)(H,33,34)(H,35,36)/t19-,20-/m0/s1. The zero-order chi connectivity index (χ0) is 29.5. The van der Waals surface area contributed by atoms with Crippen LogP contribution in [-0.2, 0) is 30.5 Å². The Hall–Kier alpha value is -5.01. The molecule has 0 aliphatic rings. The highest BCUT2D eigenvalue weighted by molar-refractivity contribution is 5.97. The highest BCUT2D eigenvalue weighted by Crippen LogP contribution is 2.10. The van der Waals surface area contributed by atoms with E-state index < -0.39 is 60.9 Å². The molecule has 0 radical (unpaired) electrons. The van der Waals surface area contributed by atoms with E-state index in [-0.39, 0.29) is 37.1 Å². The van der Waals surface area contributed by atoms with Gasteiger partial charge in [-0.05, 0) is 37.3 Å². The number of alkyl carbamates (subject to hydrolysis) is 1. The van der Waals surface area contributed by atoms with E-state index in [0.29, 0.717) is 6.42 Å². The lowest BCUT2D eigenvalue weighted by molar-refractivity contribution is -0.147. The number of amides is 2. The number of pyridine rings is 1. The van der Waals surface area contributed by atoms with Crippen LogP contribution in [-0.4, -0.2) is 74.9 Å². The third kappa shape index (κ3) is 11.2. The van der Waals surface area contributed by atoms with Crippen molar-refractivity contribution in [1.29, 1.82) is 0 Å². The molecular formula is C26H29N3O11. The van der Waals surface area contributed by atoms with E-state index in [2.05, 4.69) is 10.3 Å². The van der Waals surface area contributed by atoms with Crippen LogP contribution in [0.5, 0.6) is 0 Å². The molecule has 2 rings (SSSR count). The fourth-order valence-corrected chi connectivity index (χ4v) is 3.30. The van der Waals surface area contributed by atoms with Gasteiger partial charge in [0.05, 0.1) is 11.1 Å². The Labute approximate surface area is 228 Å². The summed E-state index contributed by atoms with van der Waals surface area (Å²) in [4.78, 5) is 73.8. The van der Waals surface area contributed by atoms with Crippen molar-refractivity contribution in [3.05, 3.63) is 65.5 Å². The van der Waals surface area contributed by atoms with Gasteiger partial charge in [0.25, 0.3) is 5.91 Å². The summed E-state index contributed by atoms with van der Waals surface area (Å²) in [5, 5.41) is 31.6. The second kappa shape index (κ2) is 16.1. The average Bonchev–Trinajstić information content (AvgIpc) is 2.93. The van der Waals surface area contributed by atoms with Crippen molar-refractivity contribution in [3.8, 4) is 0 Å². The number of hydrogen-bond donors (Lipinski definition) is 5. The Morgan fingerprint density at radius 1 is 0.875 bits per heavy atom. The van der Waals surface area contributed by atoms with Crippen molar-refractivity contribution >= 4 is 35.9 Å². The van der Waals surface area contributed by atoms with Crippen LogP contribution < -0.4 is 10.6 Å². The number of nitrogens with zero attached hydrogens (tertiary/aromatic N) is 1. The average molecular weight is 560 g/mol. The first-order chi connectivity index (χ1) is 19.1. The maximum absolute atomic E-state index is 12.4. The van der Waals surface area contributed by atoms with Crippen LogP contribution in [0.3, 0.4) is 0 Å². The number of benzene rings is 1. The summed E-state index contributed by atoms with van der Waals surface area (Å²) < 4.78 is 10.0. The molecule has 0 saturated heterocycles. The molecule has 1 heterocycles. The summed E-state index contributed by atoms with van der Waals surface area (Å²) in [6, 6.07) is 8.83. The quantitative estimate of drug-likeness (QED) is 0.147. The summed E-state index contributed by atoms with van der Waals surface area (Å²) in [5.74, 6) is -5.38. The van der Waals surface area contributed by atoms with Gasteiger partial charge >= 0.3 is 30.0 Å². The first-order valence-electron chi connectivity index (χ1n) is 12.2. The largest absolute Gasteiger partial charge is 0.481 e. The van der Waals surface area contributed by atoms with Crippen LogP contribution >= 0.6 is 0 Å². The first-order valence-corrected chi connectivity index (χ1v) is 12.2. The van der Waals surface area contributed by atoms with E-state index in [4.69, 9.17) is 19.7 Å². The van der Waals surface area contributed by atoms with E-state index >= 15 is 0 Å². The fourth-order valence-electron chi connectivity index (χ4n) is 3.30. The third-order valence-electron chi connectivity index (χ3n) is 5.39. The van der Waals surface area contributed by atoms with E-state index in [1.807, 2.05) is 23.5 Å². The van der Waals surface area contributed by atoms with E-state index in [0.717, 1.165) is 5.56 Å². The Balaban J connectivity index is 1.77. The highest BCUT2D eigenvalue weighted by atomic mass is 16.6. The van der Waals surface area contributed by atoms with E-state index in [9.17, 15) is 33.9 Å². The van der Waals surface area contributed by atoms with Gasteiger partial charge in [-0.2, -0.15) is 0 Å². The summed E-state index contributed by atoms with van der Waals surface area (Å²) in [7, 11) is 0. The minimum Gasteiger partial charge on any atom is -0.481 e. The second-order valence-corrected chi connectivity index (χ2v) is 8.48. The molecule has 2 aromatic rings. The third-order valence-corrected chi connectivity index (χ3v) is 5.39. The topological polar surface area (TPSA) is 219 Å². The Morgan fingerprint density at radius 2 is 1.57 bits per heavy atom. The fraction of sp³-hybridized carbons (Fsp3) is 0.346. The normalized spacial score (nSPS) is 11.9. The molecule has 40 heavy (non-hydrogen) atoms. The number of aromatic nitrogens is 1. The van der Waals surface area contributed by atoms with Gasteiger partial charge in [-0.15, -0.1) is 0 Å². The van der Waals surface area contributed by atoms with Gasteiger partial charge < -0.3 is 35.4 Å². The molecule has 14 heteroatoms. The minimum atomic E-state index is -1.59. The number of hydrogen-bond acceptors (Lipinski definition) is 9. The number of esters is 1. The minimum absolute atomic E-state index is 0.0592. The van der Waals surface area contributed by atoms with Crippen LogP contribution in [0.2, 0.25) is 0 Å². The highest BCUT2D eigenvalue weighted by Gasteiger charge is 2.26. The number of aliphatic carboxylic acids is 3. The predicted octanol–water partition coefficient (Wildman–Crippen LogP) is 1.84. The van der Waals surface area contributed by atoms with Crippen LogP contribution in [0.25, 0.3) is 0 Å². The Bertz CT molecular complexity index is 1200. The van der Waals surface area contributed by atoms with Gasteiger partial charge in [-0.1, -0.05) is 30.3 Å². The molecule has 14 nitrogen and oxygen atoms in total. The molecule has 0 unspecified atom stereocenters. The number of unbranched alkanes of at least 4 members (excludes halogenated alkanes) is 1. The van der Waals surface area contributed by atoms with Crippen molar-refractivity contribution in [2.75, 3.05) is 6.54 Å². The summed E-state index contributed by atoms with van der Waals surface area (Å²) in [5.41, 5.74) is 1.01. The van der Waals surface area contributed by atoms with Crippen molar-refractivity contribution in [2.45, 2.75) is 50.9 Å². The monoisotopic (exact) mass is 559 g/mol. The number of carbonyl (C=O) groups is 6. The van der Waals surface area contributed by atoms with Crippen LogP contribution in [0.15, 0.2) is 48.8 Å². The van der Waals surface area contributed by atoms with Crippen LogP contribution in [0.1, 0.15) is 58.4 Å². The number of nitrogens with one attached hydrogen (secondary N) is 2. The van der Waals surface area contributed by atoms with Crippen LogP contribution in [0.4, 0.5) is 4.79 Å². The molecule has 0 bridgehead atoms. The molecular weight excluding hydrogens is 530 g/mol. The molecule has 2 amide bonds. The number of ether oxygens (including phenoxy) is 2. The molecule has 2 atom stereocenters. The maximum atomic E-state index is 12.4. The van der Waals surface area contributed by atoms with Gasteiger partial charge in [0.15, 0.2) is 0 Å². The zero-order valence-electron chi connectivity index (χ0n) is 21.3. The smallest absolute Gasteiger partial charge is 0.408 e. The van der Waals surface area contributed by atoms with Gasteiger partial charge in [0.1, 0.15) is 12.6 Å². The van der Waals surface area contributed by atoms with Crippen molar-refractivity contribution in [1.82, 2.24) is 15.6 Å². The molecule has 0 saturated carbocycles. The number of carboxylic acid groups (broad SMARTS) is 3. The number of rotatable bonds is 16. The molecule has 0 spiro atoms. The molecule has 0 fully saturated rings. The lowest BCUT2D eigenvalue weighted by Gasteiger charge is -2.17. The molecule has 1 aromatic heterocycles. The van der Waals surface area contributed by atoms with Crippen molar-refractivity contribution in [2.24, 2.45) is 0 Å². The van der Waals surface area contributed by atoms with Gasteiger partial charge in [-0.25, -0.2) is 19.2 Å². The summed E-state index contributed by atoms with van der Waals surface area (Å²) >= 11 is 0. The second-order valence-electron chi connectivity index (χ2n) is 8.48. The lowest BCUT2D eigenvalue weighted by atomic mass is 10.1. The molecule has 5 N–H and O–H groups in total. The van der Waals surface area contributed by atoms with E-state index in [1.54, 1.807) is 12.1 Å². The maximum Gasteiger partial charge on any atom is 0.408 e. The number of carboxylic acids is 3. The number of carbonyl (C=O) groups excluding carboxylic acids is 3.